The molecule has 0 aliphatic heterocycles. The van der Waals surface area contributed by atoms with Crippen LogP contribution in [0.5, 0.6) is 0 Å². The number of carbonyl (C=O) groups is 7. The molecule has 2 aromatic carbocycles. The predicted octanol–water partition coefficient (Wildman–Crippen LogP) is 9.96. The van der Waals surface area contributed by atoms with Crippen molar-refractivity contribution in [1.82, 2.24) is 21.3 Å². The van der Waals surface area contributed by atoms with Crippen molar-refractivity contribution in [2.75, 3.05) is 18.4 Å². The van der Waals surface area contributed by atoms with Gasteiger partial charge < -0.3 is 37.1 Å². The summed E-state index contributed by atoms with van der Waals surface area (Å²) in [5, 5.41) is 14.0. The number of hydrogen-bond acceptors (Lipinski definition) is 7. The predicted molar refractivity (Wildman–Crippen MR) is 272 cm³/mol. The van der Waals surface area contributed by atoms with E-state index in [0.29, 0.717) is 66.8 Å². The van der Waals surface area contributed by atoms with Crippen LogP contribution >= 0.6 is 0 Å². The van der Waals surface area contributed by atoms with E-state index in [0.717, 1.165) is 56.9 Å². The summed E-state index contributed by atoms with van der Waals surface area (Å²) in [4.78, 5) is 86.1. The Bertz CT molecular complexity index is 1850. The molecule has 7 N–H and O–H groups in total. The number of anilines is 1. The number of carbonyl (C=O) groups excluding carboxylic acids is 7. The average Bonchev–Trinajstić information content (AvgIpc) is 3.25. The lowest BCUT2D eigenvalue weighted by Gasteiger charge is -2.46. The van der Waals surface area contributed by atoms with Crippen molar-refractivity contribution in [2.24, 2.45) is 40.7 Å². The molecule has 13 nitrogen and oxygen atoms in total. The number of aryl methyl sites for hydroxylation is 1. The van der Waals surface area contributed by atoms with Crippen LogP contribution in [0, 0.1) is 35.0 Å². The van der Waals surface area contributed by atoms with Crippen molar-refractivity contribution >= 4 is 46.9 Å². The monoisotopic (exact) mass is 933 g/mol. The highest BCUT2D eigenvalue weighted by molar-refractivity contribution is 6.00. The molecule has 6 amide bonds. The average molecular weight is 933 g/mol. The highest BCUT2D eigenvalue weighted by atomic mass is 16.2. The summed E-state index contributed by atoms with van der Waals surface area (Å²) in [6.45, 7) is 26.6. The molecule has 0 aromatic heterocycles. The number of Topliss-reactive ketones (excluding diaryl/α,β-unsaturated/α-hetero) is 2. The zero-order valence-electron chi connectivity index (χ0n) is 43.4. The third-order valence-corrected chi connectivity index (χ3v) is 12.4. The van der Waals surface area contributed by atoms with E-state index in [1.54, 1.807) is 43.3 Å². The Balaban J connectivity index is 0.00000227. The first-order valence-corrected chi connectivity index (χ1v) is 24.9. The highest BCUT2D eigenvalue weighted by Crippen LogP contribution is 2.49. The first-order valence-electron chi connectivity index (χ1n) is 24.9. The molecule has 2 aromatic rings. The van der Waals surface area contributed by atoms with Crippen LogP contribution in [0.3, 0.4) is 0 Å². The molecule has 3 rings (SSSR count). The molecule has 2 unspecified atom stereocenters. The molecule has 0 bridgehead atoms. The Morgan fingerprint density at radius 2 is 1.36 bits per heavy atom. The quantitative estimate of drug-likeness (QED) is 0.0503. The summed E-state index contributed by atoms with van der Waals surface area (Å²) < 4.78 is 0. The van der Waals surface area contributed by atoms with Gasteiger partial charge in [-0.25, -0.2) is 4.79 Å². The standard InChI is InChI=1S/C48H72N4O6.C4H10N2O.C2H6/c1-11-12-38(27-31(2)3)44(56)36-17-19-37(20-18-36)45(57)52-48(9,10)26-23-35-28-39(29-35)47(7,8)25-24-41(54)51-43(32(4)5)46(58)49-30-42(55)50-40-21-15-34(16-22-40)14-13-33(6)53;1-2-3-6-4(5)7;1-2/h15-22,31-32,35,38-39,43H,11-14,23-30H2,1-10H3,(H,49,58)(H,50,55)(H,51,54)(H,52,57);2-3H2,1H3,(H3,5,6,7);1-2H3. The Kier molecular flexibility index (Phi) is 27.1. The molecule has 0 saturated heterocycles. The molecule has 1 aliphatic rings. The zero-order chi connectivity index (χ0) is 50.9. The van der Waals surface area contributed by atoms with Gasteiger partial charge in [0.25, 0.3) is 5.91 Å². The van der Waals surface area contributed by atoms with E-state index in [1.807, 2.05) is 46.8 Å². The minimum Gasteiger partial charge on any atom is -0.352 e. The van der Waals surface area contributed by atoms with E-state index >= 15 is 0 Å². The molecule has 376 valence electrons. The molecule has 1 fully saturated rings. The maximum Gasteiger partial charge on any atom is 0.312 e. The Morgan fingerprint density at radius 1 is 0.761 bits per heavy atom. The Hall–Kier alpha value is -5.07. The first-order chi connectivity index (χ1) is 31.5. The van der Waals surface area contributed by atoms with Gasteiger partial charge in [-0.1, -0.05) is 99.9 Å². The van der Waals surface area contributed by atoms with Crippen LogP contribution in [-0.4, -0.2) is 65.9 Å². The number of urea groups is 1. The van der Waals surface area contributed by atoms with Crippen LogP contribution < -0.4 is 32.3 Å². The van der Waals surface area contributed by atoms with Crippen molar-refractivity contribution in [1.29, 1.82) is 0 Å². The van der Waals surface area contributed by atoms with Crippen LogP contribution in [0.25, 0.3) is 0 Å². The number of nitrogens with two attached hydrogens (primary N) is 1. The maximum atomic E-state index is 13.2. The van der Waals surface area contributed by atoms with Gasteiger partial charge in [-0.3, -0.25) is 24.0 Å². The van der Waals surface area contributed by atoms with E-state index in [9.17, 15) is 33.6 Å². The Morgan fingerprint density at radius 3 is 1.87 bits per heavy atom. The largest absolute Gasteiger partial charge is 0.352 e. The van der Waals surface area contributed by atoms with Gasteiger partial charge in [0, 0.05) is 47.7 Å². The van der Waals surface area contributed by atoms with Gasteiger partial charge in [-0.2, -0.15) is 0 Å². The molecule has 0 heterocycles. The minimum atomic E-state index is -0.762. The third kappa shape index (κ3) is 23.5. The van der Waals surface area contributed by atoms with Crippen molar-refractivity contribution in [3.05, 3.63) is 65.2 Å². The lowest BCUT2D eigenvalue weighted by molar-refractivity contribution is -0.131. The van der Waals surface area contributed by atoms with E-state index in [2.05, 4.69) is 75.1 Å². The van der Waals surface area contributed by atoms with Crippen LogP contribution in [0.15, 0.2) is 48.5 Å². The molecule has 13 heteroatoms. The number of amides is 6. The van der Waals surface area contributed by atoms with Crippen LogP contribution in [0.4, 0.5) is 10.5 Å². The van der Waals surface area contributed by atoms with Crippen LogP contribution in [0.1, 0.15) is 187 Å². The van der Waals surface area contributed by atoms with Gasteiger partial charge >= 0.3 is 6.03 Å². The molecule has 67 heavy (non-hydrogen) atoms. The SMILES string of the molecule is CC.CCCC(CC(C)C)C(=O)c1ccc(C(=O)NC(C)(C)CCC2CC(C(C)(C)CCC(=O)NC(C(=O)NCC(=O)Nc3ccc(CCC(C)=O)cc3)C(C)C)C2)cc1.CCCNC(N)=O. The van der Waals surface area contributed by atoms with Gasteiger partial charge in [-0.15, -0.1) is 0 Å². The Labute approximate surface area is 403 Å². The van der Waals surface area contributed by atoms with Gasteiger partial charge in [0.15, 0.2) is 5.78 Å². The fourth-order valence-corrected chi connectivity index (χ4v) is 8.14. The second-order valence-corrected chi connectivity index (χ2v) is 20.2. The molecule has 1 saturated carbocycles. The number of ketones is 2. The second-order valence-electron chi connectivity index (χ2n) is 20.2. The van der Waals surface area contributed by atoms with E-state index in [-0.39, 0.29) is 58.6 Å². The first kappa shape index (κ1) is 59.9. The fourth-order valence-electron chi connectivity index (χ4n) is 8.14. The van der Waals surface area contributed by atoms with E-state index < -0.39 is 18.0 Å². The van der Waals surface area contributed by atoms with E-state index in [4.69, 9.17) is 5.73 Å². The molecule has 1 aliphatic carbocycles. The second kappa shape index (κ2) is 30.3. The number of rotatable bonds is 26. The summed E-state index contributed by atoms with van der Waals surface area (Å²) >= 11 is 0. The summed E-state index contributed by atoms with van der Waals surface area (Å²) in [5.74, 6) is 0.540. The topological polar surface area (TPSA) is 206 Å². The molecular weight excluding hydrogens is 845 g/mol. The van der Waals surface area contributed by atoms with Crippen molar-refractivity contribution in [3.8, 4) is 0 Å². The van der Waals surface area contributed by atoms with Gasteiger partial charge in [0.05, 0.1) is 6.54 Å². The van der Waals surface area contributed by atoms with E-state index in [1.165, 1.54) is 0 Å². The van der Waals surface area contributed by atoms with Crippen LogP contribution in [0.2, 0.25) is 0 Å². The van der Waals surface area contributed by atoms with Gasteiger partial charge in [-0.05, 0) is 137 Å². The summed E-state index contributed by atoms with van der Waals surface area (Å²) in [6.07, 6.45) is 9.76. The van der Waals surface area contributed by atoms with Crippen molar-refractivity contribution < 1.29 is 33.6 Å². The summed E-state index contributed by atoms with van der Waals surface area (Å²) in [6, 6.07) is 13.2. The summed E-state index contributed by atoms with van der Waals surface area (Å²) in [5.41, 5.74) is 7.12. The number of primary amides is 1. The number of benzene rings is 2. The zero-order valence-corrected chi connectivity index (χ0v) is 43.4. The highest BCUT2D eigenvalue weighted by Gasteiger charge is 2.40. The van der Waals surface area contributed by atoms with Crippen molar-refractivity contribution in [2.45, 2.75) is 179 Å². The minimum absolute atomic E-state index is 0.0133. The smallest absolute Gasteiger partial charge is 0.312 e. The number of nitrogens with one attached hydrogen (secondary N) is 5. The van der Waals surface area contributed by atoms with Gasteiger partial charge in [0.2, 0.25) is 17.7 Å². The summed E-state index contributed by atoms with van der Waals surface area (Å²) in [7, 11) is 0. The van der Waals surface area contributed by atoms with Gasteiger partial charge in [0.1, 0.15) is 11.8 Å². The lowest BCUT2D eigenvalue weighted by atomic mass is 9.59. The van der Waals surface area contributed by atoms with Crippen molar-refractivity contribution in [3.63, 3.8) is 0 Å². The number of hydrogen-bond donors (Lipinski definition) is 6. The van der Waals surface area contributed by atoms with Crippen LogP contribution in [-0.2, 0) is 25.6 Å². The normalized spacial score (nSPS) is 15.3. The maximum absolute atomic E-state index is 13.2. The lowest BCUT2D eigenvalue weighted by Crippen LogP contribution is -2.51. The fraction of sp³-hybridized carbons (Fsp3) is 0.648. The molecule has 0 spiro atoms. The molecule has 2 atom stereocenters. The third-order valence-electron chi connectivity index (χ3n) is 12.4. The molecular formula is C54H88N6O7. The molecule has 0 radical (unpaired) electrons.